The van der Waals surface area contributed by atoms with Gasteiger partial charge in [-0.25, -0.2) is 14.4 Å². The SMILES string of the molecule is C\C=C(C)/C(=C\C=C\CC)Nc1nc(-c2cc(Cl)ccc2F)nc2c1CCC2. The van der Waals surface area contributed by atoms with E-state index in [0.717, 1.165) is 54.0 Å². The molecule has 0 unspecified atom stereocenters. The second kappa shape index (κ2) is 9.16. The highest BCUT2D eigenvalue weighted by molar-refractivity contribution is 6.30. The third-order valence-corrected chi connectivity index (χ3v) is 5.08. The largest absolute Gasteiger partial charge is 0.340 e. The predicted molar refractivity (Wildman–Crippen MR) is 115 cm³/mol. The van der Waals surface area contributed by atoms with E-state index in [-0.39, 0.29) is 5.82 Å². The summed E-state index contributed by atoms with van der Waals surface area (Å²) in [6.45, 7) is 6.16. The molecule has 28 heavy (non-hydrogen) atoms. The zero-order chi connectivity index (χ0) is 20.1. The molecule has 1 aromatic heterocycles. The maximum absolute atomic E-state index is 14.4. The van der Waals surface area contributed by atoms with Gasteiger partial charge in [-0.2, -0.15) is 0 Å². The number of hydrogen-bond acceptors (Lipinski definition) is 3. The van der Waals surface area contributed by atoms with Crippen molar-refractivity contribution < 1.29 is 4.39 Å². The number of aryl methyl sites for hydroxylation is 1. The Bertz CT molecular complexity index is 961. The molecule has 146 valence electrons. The molecule has 5 heteroatoms. The Kier molecular flexibility index (Phi) is 6.63. The van der Waals surface area contributed by atoms with Gasteiger partial charge in [-0.05, 0) is 69.4 Å². The molecule has 0 spiro atoms. The first-order chi connectivity index (χ1) is 13.5. The van der Waals surface area contributed by atoms with Gasteiger partial charge in [0.05, 0.1) is 5.56 Å². The van der Waals surface area contributed by atoms with Crippen LogP contribution in [0.5, 0.6) is 0 Å². The Morgan fingerprint density at radius 2 is 2.11 bits per heavy atom. The lowest BCUT2D eigenvalue weighted by atomic mass is 10.1. The fraction of sp³-hybridized carbons (Fsp3) is 0.304. The van der Waals surface area contributed by atoms with Crippen LogP contribution < -0.4 is 5.32 Å². The number of nitrogens with one attached hydrogen (secondary N) is 1. The zero-order valence-corrected chi connectivity index (χ0v) is 17.3. The van der Waals surface area contributed by atoms with Gasteiger partial charge in [-0.15, -0.1) is 0 Å². The molecule has 0 atom stereocenters. The standard InChI is InChI=1S/C23H25ClFN3/c1-4-6-7-10-20(15(3)5-2)26-22-17-9-8-11-21(17)27-23(28-22)18-14-16(24)12-13-19(18)25/h5-7,10,12-14H,4,8-9,11H2,1-3H3,(H,26,27,28)/b7-6+,15-5-,20-10+. The molecule has 0 saturated carbocycles. The van der Waals surface area contributed by atoms with Gasteiger partial charge in [-0.3, -0.25) is 0 Å². The fourth-order valence-electron chi connectivity index (χ4n) is 3.18. The summed E-state index contributed by atoms with van der Waals surface area (Å²) in [6, 6.07) is 4.46. The molecule has 3 rings (SSSR count). The van der Waals surface area contributed by atoms with Crippen LogP contribution in [0.25, 0.3) is 11.4 Å². The molecule has 0 aliphatic heterocycles. The monoisotopic (exact) mass is 397 g/mol. The highest BCUT2D eigenvalue weighted by Crippen LogP contribution is 2.32. The maximum Gasteiger partial charge on any atom is 0.164 e. The van der Waals surface area contributed by atoms with Crippen LogP contribution in [0.2, 0.25) is 5.02 Å². The lowest BCUT2D eigenvalue weighted by molar-refractivity contribution is 0.630. The van der Waals surface area contributed by atoms with Crippen LogP contribution in [0.4, 0.5) is 10.2 Å². The minimum absolute atomic E-state index is 0.324. The van der Waals surface area contributed by atoms with E-state index in [2.05, 4.69) is 41.3 Å². The van der Waals surface area contributed by atoms with Crippen molar-refractivity contribution in [2.75, 3.05) is 5.32 Å². The number of aromatic nitrogens is 2. The van der Waals surface area contributed by atoms with Gasteiger partial charge in [0, 0.05) is 22.0 Å². The maximum atomic E-state index is 14.4. The minimum Gasteiger partial charge on any atom is -0.340 e. The predicted octanol–water partition coefficient (Wildman–Crippen LogP) is 6.65. The number of fused-ring (bicyclic) bond motifs is 1. The van der Waals surface area contributed by atoms with Crippen LogP contribution in [0, 0.1) is 5.82 Å². The van der Waals surface area contributed by atoms with Crippen molar-refractivity contribution in [1.82, 2.24) is 9.97 Å². The summed E-state index contributed by atoms with van der Waals surface area (Å²) in [5.74, 6) is 0.735. The molecule has 1 aromatic carbocycles. The summed E-state index contributed by atoms with van der Waals surface area (Å²) < 4.78 is 14.4. The van der Waals surface area contributed by atoms with E-state index in [1.165, 1.54) is 12.1 Å². The van der Waals surface area contributed by atoms with E-state index < -0.39 is 0 Å². The number of halogens is 2. The van der Waals surface area contributed by atoms with E-state index in [4.69, 9.17) is 11.6 Å². The third kappa shape index (κ3) is 4.50. The first-order valence-electron chi connectivity index (χ1n) is 9.65. The number of rotatable bonds is 6. The summed E-state index contributed by atoms with van der Waals surface area (Å²) >= 11 is 6.08. The highest BCUT2D eigenvalue weighted by Gasteiger charge is 2.22. The molecule has 0 saturated heterocycles. The van der Waals surface area contributed by atoms with Crippen LogP contribution in [0.3, 0.4) is 0 Å². The normalized spacial score (nSPS) is 14.6. The van der Waals surface area contributed by atoms with Gasteiger partial charge < -0.3 is 5.32 Å². The van der Waals surface area contributed by atoms with Crippen LogP contribution in [-0.2, 0) is 12.8 Å². The molecule has 1 heterocycles. The topological polar surface area (TPSA) is 37.8 Å². The van der Waals surface area contributed by atoms with E-state index in [0.29, 0.717) is 16.4 Å². The van der Waals surface area contributed by atoms with E-state index in [1.54, 1.807) is 6.07 Å². The number of anilines is 1. The Morgan fingerprint density at radius 3 is 2.86 bits per heavy atom. The second-order valence-corrected chi connectivity index (χ2v) is 7.25. The molecular weight excluding hydrogens is 373 g/mol. The van der Waals surface area contributed by atoms with Crippen molar-refractivity contribution in [2.45, 2.75) is 46.5 Å². The third-order valence-electron chi connectivity index (χ3n) is 4.85. The lowest BCUT2D eigenvalue weighted by Crippen LogP contribution is -2.08. The highest BCUT2D eigenvalue weighted by atomic mass is 35.5. The van der Waals surface area contributed by atoms with E-state index in [1.807, 2.05) is 19.1 Å². The molecular formula is C23H25ClFN3. The smallest absolute Gasteiger partial charge is 0.164 e. The van der Waals surface area contributed by atoms with Crippen molar-refractivity contribution in [2.24, 2.45) is 0 Å². The molecule has 2 aromatic rings. The van der Waals surface area contributed by atoms with Gasteiger partial charge in [-0.1, -0.05) is 36.8 Å². The first-order valence-corrected chi connectivity index (χ1v) is 10.0. The fourth-order valence-corrected chi connectivity index (χ4v) is 3.35. The van der Waals surface area contributed by atoms with Gasteiger partial charge in [0.2, 0.25) is 0 Å². The van der Waals surface area contributed by atoms with Crippen LogP contribution in [-0.4, -0.2) is 9.97 Å². The molecule has 1 aliphatic rings. The summed E-state index contributed by atoms with van der Waals surface area (Å²) in [4.78, 5) is 9.32. The van der Waals surface area contributed by atoms with Crippen molar-refractivity contribution in [1.29, 1.82) is 0 Å². The van der Waals surface area contributed by atoms with Crippen molar-refractivity contribution >= 4 is 17.4 Å². The molecule has 1 N–H and O–H groups in total. The Morgan fingerprint density at radius 1 is 1.29 bits per heavy atom. The summed E-state index contributed by atoms with van der Waals surface area (Å²) in [5, 5.41) is 3.93. The molecule has 0 radical (unpaired) electrons. The first kappa shape index (κ1) is 20.3. The average Bonchev–Trinajstić information content (AvgIpc) is 3.17. The van der Waals surface area contributed by atoms with E-state index in [9.17, 15) is 4.39 Å². The number of allylic oxidation sites excluding steroid dienone is 5. The quantitative estimate of drug-likeness (QED) is 0.554. The van der Waals surface area contributed by atoms with Crippen LogP contribution >= 0.6 is 11.6 Å². The molecule has 0 amide bonds. The summed E-state index contributed by atoms with van der Waals surface area (Å²) in [6.07, 6.45) is 12.0. The molecule has 0 fully saturated rings. The van der Waals surface area contributed by atoms with Crippen molar-refractivity contribution in [3.05, 3.63) is 75.9 Å². The van der Waals surface area contributed by atoms with Crippen LogP contribution in [0.1, 0.15) is 44.9 Å². The number of nitrogens with zero attached hydrogens (tertiary/aromatic N) is 2. The van der Waals surface area contributed by atoms with Gasteiger partial charge in [0.1, 0.15) is 11.6 Å². The van der Waals surface area contributed by atoms with E-state index >= 15 is 0 Å². The zero-order valence-electron chi connectivity index (χ0n) is 16.5. The average molecular weight is 398 g/mol. The molecule has 3 nitrogen and oxygen atoms in total. The molecule has 0 bridgehead atoms. The van der Waals surface area contributed by atoms with Gasteiger partial charge in [0.15, 0.2) is 5.82 Å². The van der Waals surface area contributed by atoms with Gasteiger partial charge >= 0.3 is 0 Å². The van der Waals surface area contributed by atoms with Crippen molar-refractivity contribution in [3.63, 3.8) is 0 Å². The Hall–Kier alpha value is -2.46. The van der Waals surface area contributed by atoms with Crippen LogP contribution in [0.15, 0.2) is 53.8 Å². The molecule has 1 aliphatic carbocycles. The second-order valence-electron chi connectivity index (χ2n) is 6.81. The van der Waals surface area contributed by atoms with Crippen molar-refractivity contribution in [3.8, 4) is 11.4 Å². The number of hydrogen-bond donors (Lipinski definition) is 1. The lowest BCUT2D eigenvalue weighted by Gasteiger charge is -2.15. The Labute approximate surface area is 171 Å². The minimum atomic E-state index is -0.375. The Balaban J connectivity index is 2.07. The summed E-state index contributed by atoms with van der Waals surface area (Å²) in [5.41, 5.74) is 4.50. The summed E-state index contributed by atoms with van der Waals surface area (Å²) in [7, 11) is 0. The van der Waals surface area contributed by atoms with Gasteiger partial charge in [0.25, 0.3) is 0 Å². The number of benzene rings is 1.